The van der Waals surface area contributed by atoms with Crippen LogP contribution in [0.2, 0.25) is 0 Å². The number of fused-ring (bicyclic) bond motifs is 1. The lowest BCUT2D eigenvalue weighted by Gasteiger charge is -2.27. The molecule has 6 rings (SSSR count). The maximum Gasteiger partial charge on any atom is 0.243 e. The summed E-state index contributed by atoms with van der Waals surface area (Å²) in [4.78, 5) is 122. The molecule has 8 amide bonds. The third-order valence-electron chi connectivity index (χ3n) is 12.1. The van der Waals surface area contributed by atoms with E-state index in [1.54, 1.807) is 36.5 Å². The van der Waals surface area contributed by atoms with Crippen molar-refractivity contribution in [3.8, 4) is 0 Å². The number of aromatic amines is 2. The molecule has 22 nitrogen and oxygen atoms in total. The number of benzene rings is 3. The van der Waals surface area contributed by atoms with Crippen molar-refractivity contribution in [2.75, 3.05) is 13.1 Å². The van der Waals surface area contributed by atoms with E-state index in [0.29, 0.717) is 23.2 Å². The normalized spacial score (nSPS) is 19.9. The Morgan fingerprint density at radius 2 is 1.40 bits per heavy atom. The van der Waals surface area contributed by atoms with Crippen molar-refractivity contribution >= 4 is 64.1 Å². The Balaban J connectivity index is 1.31. The zero-order valence-electron chi connectivity index (χ0n) is 39.6. The number of aromatic nitrogens is 3. The van der Waals surface area contributed by atoms with Crippen LogP contribution in [0.5, 0.6) is 0 Å². The van der Waals surface area contributed by atoms with E-state index in [1.807, 2.05) is 54.6 Å². The highest BCUT2D eigenvalue weighted by atomic mass is 16.2. The van der Waals surface area contributed by atoms with Gasteiger partial charge in [0.05, 0.1) is 12.0 Å². The highest BCUT2D eigenvalue weighted by molar-refractivity contribution is 5.97. The third kappa shape index (κ3) is 16.3. The van der Waals surface area contributed by atoms with E-state index in [0.717, 1.165) is 16.5 Å². The molecule has 1 aliphatic heterocycles. The maximum absolute atomic E-state index is 14.5. The molecule has 22 heteroatoms. The molecule has 3 aromatic carbocycles. The standard InChI is InChI=1S/C50H62N14O8/c51-44(67)39(25-32-27-57-35-15-8-7-14-34(32)35)62-47(70)38-21-23-55-42(65)20-18-37(59-43(66)19-17-30-10-3-1-4-11-30)46(69)64-41(26-33-28-54-29-58-33)49(72)63-40(24-31-12-5-2-6-13-31)48(71)60-36(45(68)61-38)16-9-22-56-50(52)53/h1-8,10-15,27-29,36-41,57H,9,16-26H2,(H2,51,67)(H,54,58)(H,55,65)(H,59,66)(H,60,71)(H,61,68)(H,62,70)(H,63,72)(H,64,69)(H4,52,53,56)/t36-,37-,38-,39-,40+,41-/m0/s1. The van der Waals surface area contributed by atoms with Crippen LogP contribution in [0, 0.1) is 5.41 Å². The quantitative estimate of drug-likeness (QED) is 0.0320. The van der Waals surface area contributed by atoms with E-state index < -0.39 is 83.5 Å². The van der Waals surface area contributed by atoms with E-state index >= 15 is 0 Å². The SMILES string of the molecule is N=C(N)NCCC[C@@H]1NC(=O)[C@@H](Cc2ccccc2)NC(=O)[C@H](Cc2c[nH]cn2)NC(=O)[C@@H](NC(=O)CCc2ccccc2)CCC(=O)NCC[C@@H](C(=O)N[C@@H](Cc2c[nH]c3ccccc23)C(N)=O)NC1=O. The maximum atomic E-state index is 14.5. The zero-order valence-corrected chi connectivity index (χ0v) is 39.6. The number of imidazole rings is 1. The van der Waals surface area contributed by atoms with Gasteiger partial charge in [-0.05, 0) is 54.9 Å². The smallest absolute Gasteiger partial charge is 0.243 e. The van der Waals surface area contributed by atoms with E-state index in [4.69, 9.17) is 16.9 Å². The van der Waals surface area contributed by atoms with Crippen molar-refractivity contribution in [3.05, 3.63) is 126 Å². The highest BCUT2D eigenvalue weighted by Crippen LogP contribution is 2.19. The number of guanidine groups is 1. The van der Waals surface area contributed by atoms with Crippen molar-refractivity contribution in [2.24, 2.45) is 11.5 Å². The summed E-state index contributed by atoms with van der Waals surface area (Å²) in [5, 5.41) is 30.1. The van der Waals surface area contributed by atoms with Crippen LogP contribution in [0.1, 0.15) is 60.9 Å². The predicted octanol–water partition coefficient (Wildman–Crippen LogP) is -0.491. The van der Waals surface area contributed by atoms with E-state index in [9.17, 15) is 38.4 Å². The van der Waals surface area contributed by atoms with Crippen molar-refractivity contribution in [3.63, 3.8) is 0 Å². The first-order valence-electron chi connectivity index (χ1n) is 23.8. The van der Waals surface area contributed by atoms with Gasteiger partial charge in [0, 0.05) is 68.5 Å². The predicted molar refractivity (Wildman–Crippen MR) is 266 cm³/mol. The van der Waals surface area contributed by atoms with Crippen LogP contribution in [-0.4, -0.2) is 118 Å². The Kier molecular flexibility index (Phi) is 19.4. The van der Waals surface area contributed by atoms with Gasteiger partial charge in [0.1, 0.15) is 36.3 Å². The molecule has 15 N–H and O–H groups in total. The molecule has 1 aliphatic rings. The molecule has 1 saturated heterocycles. The number of carbonyl (C=O) groups excluding carboxylic acids is 8. The number of primary amides is 1. The molecule has 72 heavy (non-hydrogen) atoms. The molecule has 0 spiro atoms. The van der Waals surface area contributed by atoms with Crippen molar-refractivity contribution < 1.29 is 38.4 Å². The van der Waals surface area contributed by atoms with Crippen LogP contribution in [-0.2, 0) is 64.0 Å². The summed E-state index contributed by atoms with van der Waals surface area (Å²) >= 11 is 0. The Bertz CT molecular complexity index is 2660. The Morgan fingerprint density at radius 3 is 2.10 bits per heavy atom. The number of hydrogen-bond donors (Lipinski definition) is 13. The topological polar surface area (TPSA) is 353 Å². The Labute approximate surface area is 415 Å². The summed E-state index contributed by atoms with van der Waals surface area (Å²) in [6.07, 6.45) is 4.22. The van der Waals surface area contributed by atoms with Gasteiger partial charge in [-0.25, -0.2) is 4.98 Å². The van der Waals surface area contributed by atoms with Gasteiger partial charge in [0.2, 0.25) is 47.3 Å². The minimum Gasteiger partial charge on any atom is -0.370 e. The van der Waals surface area contributed by atoms with E-state index in [2.05, 4.69) is 57.5 Å². The van der Waals surface area contributed by atoms with Crippen molar-refractivity contribution in [2.45, 2.75) is 100 Å². The van der Waals surface area contributed by atoms with Gasteiger partial charge in [0.25, 0.3) is 0 Å². The first kappa shape index (κ1) is 52.8. The van der Waals surface area contributed by atoms with Gasteiger partial charge in [-0.15, -0.1) is 0 Å². The Hall–Kier alpha value is -8.56. The summed E-state index contributed by atoms with van der Waals surface area (Å²) in [5.74, 6) is -6.23. The monoisotopic (exact) mass is 986 g/mol. The highest BCUT2D eigenvalue weighted by Gasteiger charge is 2.34. The molecule has 0 radical (unpaired) electrons. The molecule has 2 aromatic heterocycles. The molecule has 0 unspecified atom stereocenters. The molecule has 3 heterocycles. The van der Waals surface area contributed by atoms with Gasteiger partial charge in [-0.3, -0.25) is 43.8 Å². The summed E-state index contributed by atoms with van der Waals surface area (Å²) in [6.45, 7) is -0.0592. The van der Waals surface area contributed by atoms with Crippen molar-refractivity contribution in [1.29, 1.82) is 5.41 Å². The van der Waals surface area contributed by atoms with Crippen LogP contribution in [0.4, 0.5) is 0 Å². The summed E-state index contributed by atoms with van der Waals surface area (Å²) in [6, 6.07) is 17.4. The molecule has 1 fully saturated rings. The first-order valence-corrected chi connectivity index (χ1v) is 23.8. The number of nitrogens with two attached hydrogens (primary N) is 2. The zero-order chi connectivity index (χ0) is 51.4. The number of rotatable bonds is 17. The number of hydrogen-bond acceptors (Lipinski definition) is 10. The summed E-state index contributed by atoms with van der Waals surface area (Å²) in [5.41, 5.74) is 14.7. The third-order valence-corrected chi connectivity index (χ3v) is 12.1. The van der Waals surface area contributed by atoms with Gasteiger partial charge in [-0.1, -0.05) is 78.9 Å². The first-order chi connectivity index (χ1) is 34.7. The minimum atomic E-state index is -1.41. The fraction of sp³-hybridized carbons (Fsp3) is 0.360. The molecule has 0 saturated carbocycles. The molecule has 380 valence electrons. The van der Waals surface area contributed by atoms with Gasteiger partial charge in [0.15, 0.2) is 5.96 Å². The molecule has 6 atom stereocenters. The fourth-order valence-corrected chi connectivity index (χ4v) is 8.21. The number of para-hydroxylation sites is 1. The van der Waals surface area contributed by atoms with Gasteiger partial charge in [-0.2, -0.15) is 0 Å². The number of H-pyrrole nitrogens is 2. The molecule has 0 aliphatic carbocycles. The largest absolute Gasteiger partial charge is 0.370 e. The molecular formula is C50H62N14O8. The number of carbonyl (C=O) groups is 8. The number of amides is 8. The van der Waals surface area contributed by atoms with Crippen LogP contribution in [0.3, 0.4) is 0 Å². The second-order valence-electron chi connectivity index (χ2n) is 17.5. The average molecular weight is 987 g/mol. The Morgan fingerprint density at radius 1 is 0.750 bits per heavy atom. The minimum absolute atomic E-state index is 0.00105. The van der Waals surface area contributed by atoms with Gasteiger partial charge >= 0.3 is 0 Å². The van der Waals surface area contributed by atoms with Crippen molar-refractivity contribution in [1.82, 2.24) is 57.5 Å². The van der Waals surface area contributed by atoms with E-state index in [-0.39, 0.29) is 76.8 Å². The fourth-order valence-electron chi connectivity index (χ4n) is 8.21. The lowest BCUT2D eigenvalue weighted by molar-refractivity contribution is -0.135. The second-order valence-corrected chi connectivity index (χ2v) is 17.5. The molecule has 0 bridgehead atoms. The second kappa shape index (κ2) is 26.4. The summed E-state index contributed by atoms with van der Waals surface area (Å²) in [7, 11) is 0. The molecular weight excluding hydrogens is 925 g/mol. The van der Waals surface area contributed by atoms with Crippen LogP contribution in [0.25, 0.3) is 10.9 Å². The van der Waals surface area contributed by atoms with Gasteiger partial charge < -0.3 is 64.0 Å². The lowest BCUT2D eigenvalue weighted by atomic mass is 10.0. The van der Waals surface area contributed by atoms with E-state index in [1.165, 1.54) is 12.5 Å². The number of nitrogens with one attached hydrogen (secondary N) is 11. The lowest BCUT2D eigenvalue weighted by Crippen LogP contribution is -2.60. The summed E-state index contributed by atoms with van der Waals surface area (Å²) < 4.78 is 0. The van der Waals surface area contributed by atoms with Crippen LogP contribution in [0.15, 0.2) is 104 Å². The van der Waals surface area contributed by atoms with Crippen LogP contribution >= 0.6 is 0 Å². The average Bonchev–Trinajstić information content (AvgIpc) is 4.04. The molecule has 5 aromatic rings. The number of aryl methyl sites for hydroxylation is 1. The number of nitrogens with zero attached hydrogens (tertiary/aromatic N) is 1. The van der Waals surface area contributed by atoms with Crippen LogP contribution < -0.4 is 54.0 Å².